The van der Waals surface area contributed by atoms with Crippen LogP contribution in [0.15, 0.2) is 35.0 Å². The first kappa shape index (κ1) is 20.1. The Morgan fingerprint density at radius 1 is 1.30 bits per heavy atom. The molecule has 1 aliphatic heterocycles. The molecule has 2 amide bonds. The number of nitrogens with zero attached hydrogens (tertiary/aromatic N) is 3. The van der Waals surface area contributed by atoms with E-state index in [2.05, 4.69) is 20.6 Å². The quantitative estimate of drug-likeness (QED) is 0.593. The van der Waals surface area contributed by atoms with E-state index in [1.807, 2.05) is 25.7 Å². The molecule has 4 N–H and O–H groups in total. The zero-order valence-corrected chi connectivity index (χ0v) is 17.1. The van der Waals surface area contributed by atoms with Gasteiger partial charge < -0.3 is 25.7 Å². The van der Waals surface area contributed by atoms with Gasteiger partial charge in [0, 0.05) is 30.1 Å². The van der Waals surface area contributed by atoms with Crippen LogP contribution in [0.3, 0.4) is 0 Å². The number of halogens is 1. The SMILES string of the molecule is Cc1c([C@@H](NC(=O)Nc2cnc(N3CC(N)C3)nc2)C(C)C)oc2ccc(F)cc12. The normalized spacial score (nSPS) is 15.3. The monoisotopic (exact) mass is 412 g/mol. The smallest absolute Gasteiger partial charge is 0.319 e. The van der Waals surface area contributed by atoms with Crippen molar-refractivity contribution in [2.24, 2.45) is 11.7 Å². The van der Waals surface area contributed by atoms with Crippen LogP contribution in [0.1, 0.15) is 31.2 Å². The zero-order valence-electron chi connectivity index (χ0n) is 17.1. The van der Waals surface area contributed by atoms with Crippen molar-refractivity contribution in [1.82, 2.24) is 15.3 Å². The Morgan fingerprint density at radius 3 is 2.63 bits per heavy atom. The van der Waals surface area contributed by atoms with Crippen LogP contribution in [0.25, 0.3) is 11.0 Å². The number of amides is 2. The topological polar surface area (TPSA) is 109 Å². The van der Waals surface area contributed by atoms with E-state index in [1.165, 1.54) is 12.1 Å². The van der Waals surface area contributed by atoms with Crippen LogP contribution < -0.4 is 21.3 Å². The third kappa shape index (κ3) is 3.93. The summed E-state index contributed by atoms with van der Waals surface area (Å²) in [6, 6.07) is 3.77. The number of furan rings is 1. The molecular formula is C21H25FN6O2. The lowest BCUT2D eigenvalue weighted by molar-refractivity contribution is 0.241. The summed E-state index contributed by atoms with van der Waals surface area (Å²) in [4.78, 5) is 23.1. The molecule has 2 aromatic heterocycles. The fraction of sp³-hybridized carbons (Fsp3) is 0.381. The number of rotatable bonds is 5. The van der Waals surface area contributed by atoms with E-state index in [4.69, 9.17) is 10.2 Å². The molecule has 0 radical (unpaired) electrons. The number of aryl methyl sites for hydroxylation is 1. The van der Waals surface area contributed by atoms with E-state index in [0.29, 0.717) is 28.4 Å². The first-order chi connectivity index (χ1) is 14.3. The summed E-state index contributed by atoms with van der Waals surface area (Å²) in [6.07, 6.45) is 3.12. The molecule has 0 bridgehead atoms. The number of nitrogens with one attached hydrogen (secondary N) is 2. The van der Waals surface area contributed by atoms with Crippen molar-refractivity contribution in [2.75, 3.05) is 23.3 Å². The van der Waals surface area contributed by atoms with Crippen molar-refractivity contribution < 1.29 is 13.6 Å². The molecule has 1 fully saturated rings. The number of benzene rings is 1. The van der Waals surface area contributed by atoms with E-state index in [9.17, 15) is 9.18 Å². The molecule has 158 valence electrons. The lowest BCUT2D eigenvalue weighted by Crippen LogP contribution is -2.56. The number of carbonyl (C=O) groups excluding carboxylic acids is 1. The second-order valence-corrected chi connectivity index (χ2v) is 7.99. The molecule has 0 aliphatic carbocycles. The maximum Gasteiger partial charge on any atom is 0.319 e. The number of anilines is 2. The van der Waals surface area contributed by atoms with E-state index in [0.717, 1.165) is 18.7 Å². The first-order valence-electron chi connectivity index (χ1n) is 9.90. The minimum atomic E-state index is -0.401. The Kier molecular flexibility index (Phi) is 5.29. The number of fused-ring (bicyclic) bond motifs is 1. The molecule has 1 aliphatic rings. The summed E-state index contributed by atoms with van der Waals surface area (Å²) >= 11 is 0. The summed E-state index contributed by atoms with van der Waals surface area (Å²) < 4.78 is 19.6. The summed E-state index contributed by atoms with van der Waals surface area (Å²) in [7, 11) is 0. The van der Waals surface area contributed by atoms with Crippen LogP contribution in [0.2, 0.25) is 0 Å². The van der Waals surface area contributed by atoms with Gasteiger partial charge in [-0.3, -0.25) is 0 Å². The molecule has 0 saturated carbocycles. The number of urea groups is 1. The van der Waals surface area contributed by atoms with Gasteiger partial charge in [-0.15, -0.1) is 0 Å². The Bertz CT molecular complexity index is 1060. The highest BCUT2D eigenvalue weighted by Gasteiger charge is 2.26. The van der Waals surface area contributed by atoms with Crippen molar-refractivity contribution in [2.45, 2.75) is 32.9 Å². The molecular weight excluding hydrogens is 387 g/mol. The highest BCUT2D eigenvalue weighted by atomic mass is 19.1. The summed E-state index contributed by atoms with van der Waals surface area (Å²) in [5.74, 6) is 0.928. The van der Waals surface area contributed by atoms with E-state index in [1.54, 1.807) is 18.5 Å². The lowest BCUT2D eigenvalue weighted by Gasteiger charge is -2.36. The highest BCUT2D eigenvalue weighted by molar-refractivity contribution is 5.89. The van der Waals surface area contributed by atoms with Gasteiger partial charge in [0.25, 0.3) is 0 Å². The standard InChI is InChI=1S/C21H25FN6O2/c1-11(2)18(19-12(3)16-6-13(22)4-5-17(16)30-19)27-21(29)26-15-7-24-20(25-8-15)28-9-14(23)10-28/h4-8,11,14,18H,9-10,23H2,1-3H3,(H2,26,27,29)/t18-/m0/s1. The fourth-order valence-corrected chi connectivity index (χ4v) is 3.58. The van der Waals surface area contributed by atoms with Gasteiger partial charge in [-0.1, -0.05) is 13.8 Å². The average Bonchev–Trinajstić information content (AvgIpc) is 3.00. The Labute approximate surface area is 173 Å². The van der Waals surface area contributed by atoms with Gasteiger partial charge in [0.05, 0.1) is 24.1 Å². The van der Waals surface area contributed by atoms with E-state index in [-0.39, 0.29) is 23.8 Å². The number of hydrogen-bond donors (Lipinski definition) is 3. The second-order valence-electron chi connectivity index (χ2n) is 7.99. The highest BCUT2D eigenvalue weighted by Crippen LogP contribution is 2.33. The van der Waals surface area contributed by atoms with Crippen molar-refractivity contribution in [3.8, 4) is 0 Å². The minimum Gasteiger partial charge on any atom is -0.459 e. The largest absolute Gasteiger partial charge is 0.459 e. The predicted octanol–water partition coefficient (Wildman–Crippen LogP) is 3.34. The zero-order chi connectivity index (χ0) is 21.4. The lowest BCUT2D eigenvalue weighted by atomic mass is 9.98. The van der Waals surface area contributed by atoms with Gasteiger partial charge in [0.15, 0.2) is 0 Å². The molecule has 3 aromatic rings. The number of carbonyl (C=O) groups is 1. The van der Waals surface area contributed by atoms with Crippen LogP contribution in [-0.4, -0.2) is 35.1 Å². The summed E-state index contributed by atoms with van der Waals surface area (Å²) in [5.41, 5.74) is 7.65. The number of aromatic nitrogens is 2. The van der Waals surface area contributed by atoms with Gasteiger partial charge in [-0.25, -0.2) is 19.2 Å². The molecule has 1 atom stereocenters. The Balaban J connectivity index is 1.47. The molecule has 4 rings (SSSR count). The van der Waals surface area contributed by atoms with Gasteiger partial charge in [0.1, 0.15) is 17.2 Å². The first-order valence-corrected chi connectivity index (χ1v) is 9.90. The van der Waals surface area contributed by atoms with Crippen LogP contribution in [0, 0.1) is 18.7 Å². The van der Waals surface area contributed by atoms with E-state index < -0.39 is 6.03 Å². The third-order valence-electron chi connectivity index (χ3n) is 5.26. The van der Waals surface area contributed by atoms with Crippen molar-refractivity contribution in [1.29, 1.82) is 0 Å². The second kappa shape index (κ2) is 7.91. The summed E-state index contributed by atoms with van der Waals surface area (Å²) in [6.45, 7) is 7.28. The van der Waals surface area contributed by atoms with Crippen LogP contribution in [-0.2, 0) is 0 Å². The number of nitrogens with two attached hydrogens (primary N) is 1. The molecule has 9 heteroatoms. The summed E-state index contributed by atoms with van der Waals surface area (Å²) in [5, 5.41) is 6.39. The van der Waals surface area contributed by atoms with Crippen molar-refractivity contribution in [3.05, 3.63) is 47.7 Å². The van der Waals surface area contributed by atoms with Crippen LogP contribution in [0.4, 0.5) is 20.8 Å². The molecule has 1 aromatic carbocycles. The molecule has 3 heterocycles. The van der Waals surface area contributed by atoms with Gasteiger partial charge in [0.2, 0.25) is 5.95 Å². The maximum atomic E-state index is 13.6. The Hall–Kier alpha value is -3.20. The van der Waals surface area contributed by atoms with Gasteiger partial charge in [-0.2, -0.15) is 0 Å². The molecule has 0 spiro atoms. The van der Waals surface area contributed by atoms with E-state index >= 15 is 0 Å². The van der Waals surface area contributed by atoms with Crippen LogP contribution >= 0.6 is 0 Å². The molecule has 30 heavy (non-hydrogen) atoms. The fourth-order valence-electron chi connectivity index (χ4n) is 3.58. The van der Waals surface area contributed by atoms with Gasteiger partial charge in [-0.05, 0) is 31.0 Å². The van der Waals surface area contributed by atoms with Crippen molar-refractivity contribution in [3.63, 3.8) is 0 Å². The van der Waals surface area contributed by atoms with Crippen LogP contribution in [0.5, 0.6) is 0 Å². The third-order valence-corrected chi connectivity index (χ3v) is 5.26. The Morgan fingerprint density at radius 2 is 2.00 bits per heavy atom. The van der Waals surface area contributed by atoms with Gasteiger partial charge >= 0.3 is 6.03 Å². The molecule has 8 nitrogen and oxygen atoms in total. The number of hydrogen-bond acceptors (Lipinski definition) is 6. The average molecular weight is 412 g/mol. The maximum absolute atomic E-state index is 13.6. The molecule has 1 saturated heterocycles. The predicted molar refractivity (Wildman–Crippen MR) is 113 cm³/mol. The molecule has 0 unspecified atom stereocenters. The van der Waals surface area contributed by atoms with Crippen molar-refractivity contribution >= 4 is 28.6 Å². The minimum absolute atomic E-state index is 0.0501.